The number of halogens is 1. The first-order valence-electron chi connectivity index (χ1n) is 9.93. The Hall–Kier alpha value is -2.90. The molecule has 0 saturated heterocycles. The average Bonchev–Trinajstić information content (AvgIpc) is 3.03. The third-order valence-electron chi connectivity index (χ3n) is 4.88. The standard InChI is InChI=1S/C22H23ClN4O3/c1-15(2)30-12-6-11-25-20(28)18-9-3-4-10-19(18)27-21(25)24-26(22(27)29)14-16-7-5-8-17(23)13-16/h3-5,7-10,13,15H,6,11-12,14H2,1-2H3. The minimum Gasteiger partial charge on any atom is -0.379 e. The zero-order chi connectivity index (χ0) is 21.3. The van der Waals surface area contributed by atoms with Crippen LogP contribution in [0.5, 0.6) is 0 Å². The lowest BCUT2D eigenvalue weighted by Gasteiger charge is -2.11. The van der Waals surface area contributed by atoms with Crippen molar-refractivity contribution >= 4 is 28.3 Å². The van der Waals surface area contributed by atoms with E-state index < -0.39 is 0 Å². The second kappa shape index (κ2) is 8.45. The summed E-state index contributed by atoms with van der Waals surface area (Å²) < 4.78 is 10.0. The number of para-hydroxylation sites is 1. The summed E-state index contributed by atoms with van der Waals surface area (Å²) in [6.07, 6.45) is 0.763. The number of rotatable bonds is 7. The summed E-state index contributed by atoms with van der Waals surface area (Å²) in [5.74, 6) is 0.329. The van der Waals surface area contributed by atoms with E-state index in [1.807, 2.05) is 32.0 Å². The van der Waals surface area contributed by atoms with Gasteiger partial charge in [-0.25, -0.2) is 13.9 Å². The fourth-order valence-electron chi connectivity index (χ4n) is 3.52. The molecule has 0 aliphatic rings. The second-order valence-corrected chi connectivity index (χ2v) is 7.89. The van der Waals surface area contributed by atoms with E-state index in [9.17, 15) is 9.59 Å². The van der Waals surface area contributed by atoms with Crippen LogP contribution in [-0.4, -0.2) is 31.5 Å². The highest BCUT2D eigenvalue weighted by molar-refractivity contribution is 6.30. The Morgan fingerprint density at radius 2 is 1.90 bits per heavy atom. The van der Waals surface area contributed by atoms with Gasteiger partial charge in [-0.2, -0.15) is 0 Å². The lowest BCUT2D eigenvalue weighted by atomic mass is 10.2. The van der Waals surface area contributed by atoms with Crippen molar-refractivity contribution in [2.75, 3.05) is 6.61 Å². The summed E-state index contributed by atoms with van der Waals surface area (Å²) in [4.78, 5) is 26.3. The maximum Gasteiger partial charge on any atom is 0.352 e. The summed E-state index contributed by atoms with van der Waals surface area (Å²) in [6.45, 7) is 5.14. The summed E-state index contributed by atoms with van der Waals surface area (Å²) in [5.41, 5.74) is 0.946. The summed E-state index contributed by atoms with van der Waals surface area (Å²) in [6, 6.07) is 14.4. The summed E-state index contributed by atoms with van der Waals surface area (Å²) in [5, 5.41) is 5.59. The first-order chi connectivity index (χ1) is 14.5. The number of ether oxygens (including phenoxy) is 1. The van der Waals surface area contributed by atoms with Gasteiger partial charge in [0.1, 0.15) is 0 Å². The van der Waals surface area contributed by atoms with Crippen molar-refractivity contribution in [2.45, 2.75) is 39.5 Å². The Balaban J connectivity index is 1.84. The fourth-order valence-corrected chi connectivity index (χ4v) is 3.73. The molecule has 0 radical (unpaired) electrons. The molecule has 8 heteroatoms. The van der Waals surface area contributed by atoms with E-state index >= 15 is 0 Å². The molecule has 2 heterocycles. The van der Waals surface area contributed by atoms with Gasteiger partial charge in [-0.3, -0.25) is 9.36 Å². The SMILES string of the molecule is CC(C)OCCCn1c(=O)c2ccccc2n2c(=O)n(Cc3cccc(Cl)c3)nc12. The van der Waals surface area contributed by atoms with Gasteiger partial charge >= 0.3 is 5.69 Å². The van der Waals surface area contributed by atoms with Crippen molar-refractivity contribution in [3.05, 3.63) is 80.0 Å². The van der Waals surface area contributed by atoms with Crippen LogP contribution in [0.3, 0.4) is 0 Å². The predicted octanol–water partition coefficient (Wildman–Crippen LogP) is 3.33. The lowest BCUT2D eigenvalue weighted by molar-refractivity contribution is 0.0748. The number of hydrogen-bond donors (Lipinski definition) is 0. The van der Waals surface area contributed by atoms with E-state index in [-0.39, 0.29) is 23.9 Å². The van der Waals surface area contributed by atoms with Gasteiger partial charge in [0, 0.05) is 18.2 Å². The van der Waals surface area contributed by atoms with Crippen molar-refractivity contribution in [1.29, 1.82) is 0 Å². The van der Waals surface area contributed by atoms with Gasteiger partial charge in [-0.05, 0) is 50.1 Å². The molecule has 156 valence electrons. The summed E-state index contributed by atoms with van der Waals surface area (Å²) >= 11 is 6.08. The van der Waals surface area contributed by atoms with Crippen molar-refractivity contribution in [3.63, 3.8) is 0 Å². The van der Waals surface area contributed by atoms with Crippen LogP contribution >= 0.6 is 11.6 Å². The van der Waals surface area contributed by atoms with E-state index in [0.29, 0.717) is 41.3 Å². The Bertz CT molecular complexity index is 1320. The smallest absolute Gasteiger partial charge is 0.352 e. The van der Waals surface area contributed by atoms with Gasteiger partial charge in [0.15, 0.2) is 0 Å². The van der Waals surface area contributed by atoms with Crippen LogP contribution in [0.15, 0.2) is 58.1 Å². The first kappa shape index (κ1) is 20.4. The Kier molecular flexibility index (Phi) is 5.74. The molecule has 4 aromatic rings. The molecule has 30 heavy (non-hydrogen) atoms. The van der Waals surface area contributed by atoms with Crippen LogP contribution in [0.1, 0.15) is 25.8 Å². The third kappa shape index (κ3) is 3.91. The van der Waals surface area contributed by atoms with E-state index in [1.165, 1.54) is 9.08 Å². The monoisotopic (exact) mass is 426 g/mol. The largest absolute Gasteiger partial charge is 0.379 e. The zero-order valence-electron chi connectivity index (χ0n) is 16.9. The molecule has 0 aliphatic carbocycles. The zero-order valence-corrected chi connectivity index (χ0v) is 17.7. The summed E-state index contributed by atoms with van der Waals surface area (Å²) in [7, 11) is 0. The molecule has 0 atom stereocenters. The molecule has 0 unspecified atom stereocenters. The Morgan fingerprint density at radius 1 is 1.10 bits per heavy atom. The molecule has 0 bridgehead atoms. The number of nitrogens with zero attached hydrogens (tertiary/aromatic N) is 4. The molecule has 0 saturated carbocycles. The quantitative estimate of drug-likeness (QED) is 0.425. The van der Waals surface area contributed by atoms with Crippen molar-refractivity contribution in [3.8, 4) is 0 Å². The van der Waals surface area contributed by atoms with Gasteiger partial charge in [0.25, 0.3) is 5.56 Å². The van der Waals surface area contributed by atoms with E-state index in [2.05, 4.69) is 5.10 Å². The lowest BCUT2D eigenvalue weighted by Crippen LogP contribution is -2.27. The fraction of sp³-hybridized carbons (Fsp3) is 0.318. The molecule has 2 aromatic heterocycles. The molecule has 4 rings (SSSR count). The maximum absolute atomic E-state index is 13.2. The van der Waals surface area contributed by atoms with E-state index in [1.54, 1.807) is 34.9 Å². The van der Waals surface area contributed by atoms with Crippen molar-refractivity contribution < 1.29 is 4.74 Å². The van der Waals surface area contributed by atoms with Crippen LogP contribution in [0, 0.1) is 0 Å². The molecule has 0 N–H and O–H groups in total. The molecule has 0 fully saturated rings. The molecule has 0 amide bonds. The molecule has 2 aromatic carbocycles. The molecule has 0 spiro atoms. The van der Waals surface area contributed by atoms with Crippen molar-refractivity contribution in [2.24, 2.45) is 0 Å². The van der Waals surface area contributed by atoms with Gasteiger partial charge < -0.3 is 4.74 Å². The highest BCUT2D eigenvalue weighted by Gasteiger charge is 2.17. The molecule has 7 nitrogen and oxygen atoms in total. The maximum atomic E-state index is 13.2. The average molecular weight is 427 g/mol. The van der Waals surface area contributed by atoms with Gasteiger partial charge in [-0.1, -0.05) is 35.9 Å². The number of benzene rings is 2. The van der Waals surface area contributed by atoms with Crippen LogP contribution in [0.2, 0.25) is 5.02 Å². The first-order valence-corrected chi connectivity index (χ1v) is 10.3. The number of hydrogen-bond acceptors (Lipinski definition) is 4. The van der Waals surface area contributed by atoms with Crippen LogP contribution in [-0.2, 0) is 17.8 Å². The highest BCUT2D eigenvalue weighted by atomic mass is 35.5. The van der Waals surface area contributed by atoms with E-state index in [0.717, 1.165) is 5.56 Å². The van der Waals surface area contributed by atoms with Crippen LogP contribution < -0.4 is 11.2 Å². The number of aromatic nitrogens is 4. The number of fused-ring (bicyclic) bond motifs is 3. The second-order valence-electron chi connectivity index (χ2n) is 7.45. The highest BCUT2D eigenvalue weighted by Crippen LogP contribution is 2.14. The van der Waals surface area contributed by atoms with Gasteiger partial charge in [-0.15, -0.1) is 5.10 Å². The Labute approximate surface area is 178 Å². The minimum absolute atomic E-state index is 0.123. The number of aryl methyl sites for hydroxylation is 1. The third-order valence-corrected chi connectivity index (χ3v) is 5.12. The van der Waals surface area contributed by atoms with Crippen LogP contribution in [0.25, 0.3) is 16.7 Å². The Morgan fingerprint density at radius 3 is 2.67 bits per heavy atom. The minimum atomic E-state index is -0.298. The topological polar surface area (TPSA) is 70.5 Å². The molecular formula is C22H23ClN4O3. The van der Waals surface area contributed by atoms with E-state index in [4.69, 9.17) is 16.3 Å². The van der Waals surface area contributed by atoms with Gasteiger partial charge in [0.2, 0.25) is 5.78 Å². The molecular weight excluding hydrogens is 404 g/mol. The predicted molar refractivity (Wildman–Crippen MR) is 117 cm³/mol. The van der Waals surface area contributed by atoms with Crippen LogP contribution in [0.4, 0.5) is 0 Å². The normalized spacial score (nSPS) is 11.7. The molecule has 0 aliphatic heterocycles. The van der Waals surface area contributed by atoms with Gasteiger partial charge in [0.05, 0.1) is 23.6 Å². The van der Waals surface area contributed by atoms with Crippen molar-refractivity contribution in [1.82, 2.24) is 18.7 Å².